The van der Waals surface area contributed by atoms with Crippen LogP contribution in [0.2, 0.25) is 5.02 Å². The van der Waals surface area contributed by atoms with Gasteiger partial charge in [-0.3, -0.25) is 4.79 Å². The zero-order valence-corrected chi connectivity index (χ0v) is 15.0. The third-order valence-corrected chi connectivity index (χ3v) is 4.47. The molecule has 3 N–H and O–H groups in total. The number of carbonyl (C=O) groups excluding carboxylic acids is 2. The van der Waals surface area contributed by atoms with E-state index < -0.39 is 11.9 Å². The number of aliphatic carboxylic acids is 1. The molecule has 1 saturated carbocycles. The van der Waals surface area contributed by atoms with Crippen LogP contribution in [0, 0.1) is 5.92 Å². The summed E-state index contributed by atoms with van der Waals surface area (Å²) < 4.78 is 9.69. The van der Waals surface area contributed by atoms with Crippen LogP contribution in [0.1, 0.15) is 25.7 Å². The molecule has 0 spiro atoms. The van der Waals surface area contributed by atoms with Crippen LogP contribution < -0.4 is 15.4 Å². The molecule has 1 aliphatic carbocycles. The fraction of sp³-hybridized carbons (Fsp3) is 0.471. The summed E-state index contributed by atoms with van der Waals surface area (Å²) >= 11 is 6.07. The van der Waals surface area contributed by atoms with Gasteiger partial charge in [0.05, 0.1) is 18.1 Å². The predicted molar refractivity (Wildman–Crippen MR) is 94.5 cm³/mol. The van der Waals surface area contributed by atoms with Crippen LogP contribution in [0.4, 0.5) is 10.5 Å². The number of halogens is 1. The Morgan fingerprint density at radius 3 is 2.50 bits per heavy atom. The highest BCUT2D eigenvalue weighted by Gasteiger charge is 2.26. The van der Waals surface area contributed by atoms with E-state index in [1.807, 2.05) is 0 Å². The van der Waals surface area contributed by atoms with Gasteiger partial charge in [0.2, 0.25) is 0 Å². The van der Waals surface area contributed by atoms with Crippen molar-refractivity contribution in [2.24, 2.45) is 5.92 Å². The molecular weight excluding hydrogens is 364 g/mol. The number of benzene rings is 1. The number of urea groups is 1. The van der Waals surface area contributed by atoms with Gasteiger partial charge in [-0.2, -0.15) is 0 Å². The summed E-state index contributed by atoms with van der Waals surface area (Å²) in [6.07, 6.45) is 2.37. The van der Waals surface area contributed by atoms with Crippen molar-refractivity contribution in [1.82, 2.24) is 5.32 Å². The maximum atomic E-state index is 12.1. The van der Waals surface area contributed by atoms with E-state index >= 15 is 0 Å². The number of hydrogen-bond acceptors (Lipinski definition) is 5. The predicted octanol–water partition coefficient (Wildman–Crippen LogP) is 2.66. The normalized spacial score (nSPS) is 19.3. The molecule has 0 radical (unpaired) electrons. The summed E-state index contributed by atoms with van der Waals surface area (Å²) in [5.74, 6) is -1.33. The minimum absolute atomic E-state index is 0.0521. The molecule has 1 fully saturated rings. The van der Waals surface area contributed by atoms with Crippen molar-refractivity contribution < 1.29 is 29.0 Å². The molecule has 0 unspecified atom stereocenters. The number of hydrogen-bond donors (Lipinski definition) is 3. The lowest BCUT2D eigenvalue weighted by Crippen LogP contribution is -2.40. The van der Waals surface area contributed by atoms with Gasteiger partial charge in [-0.05, 0) is 43.9 Å². The topological polar surface area (TPSA) is 114 Å². The molecule has 2 amide bonds. The number of methoxy groups -OCH3 is 1. The first-order valence-corrected chi connectivity index (χ1v) is 8.56. The number of anilines is 1. The summed E-state index contributed by atoms with van der Waals surface area (Å²) in [5, 5.41) is 14.7. The van der Waals surface area contributed by atoms with Gasteiger partial charge >= 0.3 is 18.0 Å². The fourth-order valence-corrected chi connectivity index (χ4v) is 2.96. The van der Waals surface area contributed by atoms with Crippen molar-refractivity contribution in [1.29, 1.82) is 0 Å². The van der Waals surface area contributed by atoms with Crippen LogP contribution in [-0.2, 0) is 14.3 Å². The Hall–Kier alpha value is -2.48. The summed E-state index contributed by atoms with van der Waals surface area (Å²) in [6.45, 7) is -0.261. The average Bonchev–Trinajstić information content (AvgIpc) is 2.61. The molecule has 0 saturated heterocycles. The van der Waals surface area contributed by atoms with E-state index in [0.717, 1.165) is 0 Å². The van der Waals surface area contributed by atoms with Gasteiger partial charge in [-0.15, -0.1) is 0 Å². The number of carbonyl (C=O) groups is 3. The van der Waals surface area contributed by atoms with Crippen LogP contribution in [-0.4, -0.2) is 42.8 Å². The summed E-state index contributed by atoms with van der Waals surface area (Å²) in [4.78, 5) is 34.1. The second-order valence-electron chi connectivity index (χ2n) is 6.00. The van der Waals surface area contributed by atoms with Crippen molar-refractivity contribution in [2.75, 3.05) is 19.0 Å². The molecule has 1 aromatic rings. The molecule has 26 heavy (non-hydrogen) atoms. The molecule has 1 aromatic carbocycles. The van der Waals surface area contributed by atoms with E-state index in [0.29, 0.717) is 37.1 Å². The molecule has 0 aliphatic heterocycles. The Bertz CT molecular complexity index is 673. The van der Waals surface area contributed by atoms with Crippen molar-refractivity contribution in [3.8, 4) is 5.75 Å². The lowest BCUT2D eigenvalue weighted by molar-refractivity contribution is -0.143. The number of carboxylic acid groups (broad SMARTS) is 1. The molecule has 0 heterocycles. The lowest BCUT2D eigenvalue weighted by atomic mass is 9.86. The Labute approximate surface area is 155 Å². The fourth-order valence-electron chi connectivity index (χ4n) is 2.73. The first-order chi connectivity index (χ1) is 12.4. The third-order valence-electron chi connectivity index (χ3n) is 4.17. The maximum absolute atomic E-state index is 12.1. The third kappa shape index (κ3) is 5.80. The molecule has 8 nitrogen and oxygen atoms in total. The summed E-state index contributed by atoms with van der Waals surface area (Å²) in [6, 6.07) is 4.21. The van der Waals surface area contributed by atoms with E-state index in [9.17, 15) is 14.4 Å². The molecule has 9 heteroatoms. The molecule has 0 aromatic heterocycles. The van der Waals surface area contributed by atoms with E-state index in [-0.39, 0.29) is 29.6 Å². The van der Waals surface area contributed by atoms with Gasteiger partial charge < -0.3 is 25.2 Å². The van der Waals surface area contributed by atoms with Crippen LogP contribution in [0.3, 0.4) is 0 Å². The highest BCUT2D eigenvalue weighted by atomic mass is 35.5. The Kier molecular flexibility index (Phi) is 7.08. The smallest absolute Gasteiger partial charge is 0.343 e. The van der Waals surface area contributed by atoms with E-state index in [1.165, 1.54) is 13.2 Å². The van der Waals surface area contributed by atoms with E-state index in [2.05, 4.69) is 15.4 Å². The zero-order valence-electron chi connectivity index (χ0n) is 14.3. The van der Waals surface area contributed by atoms with Gasteiger partial charge in [0.1, 0.15) is 5.75 Å². The van der Waals surface area contributed by atoms with Crippen molar-refractivity contribution in [2.45, 2.75) is 31.7 Å². The quantitative estimate of drug-likeness (QED) is 0.650. The number of nitrogens with one attached hydrogen (secondary N) is 2. The highest BCUT2D eigenvalue weighted by molar-refractivity contribution is 6.32. The number of amides is 2. The number of ether oxygens (including phenoxy) is 2. The second-order valence-corrected chi connectivity index (χ2v) is 6.40. The van der Waals surface area contributed by atoms with E-state index in [4.69, 9.17) is 21.4 Å². The van der Waals surface area contributed by atoms with Gasteiger partial charge in [0.15, 0.2) is 6.61 Å². The van der Waals surface area contributed by atoms with Crippen LogP contribution in [0.25, 0.3) is 0 Å². The van der Waals surface area contributed by atoms with Gasteiger partial charge in [0.25, 0.3) is 0 Å². The first-order valence-electron chi connectivity index (χ1n) is 8.18. The second kappa shape index (κ2) is 9.28. The van der Waals surface area contributed by atoms with Crippen molar-refractivity contribution in [3.05, 3.63) is 23.2 Å². The first kappa shape index (κ1) is 19.8. The standard InChI is InChI=1S/C17H21ClN2O6/c1-25-15(21)9-26-14-7-6-12(8-13(14)18)20-17(24)19-11-4-2-10(3-5-11)16(22)23/h6-8,10-11H,2-5,9H2,1H3,(H,22,23)(H2,19,20,24). The minimum Gasteiger partial charge on any atom is -0.481 e. The summed E-state index contributed by atoms with van der Waals surface area (Å²) in [5.41, 5.74) is 0.470. The highest BCUT2D eigenvalue weighted by Crippen LogP contribution is 2.28. The van der Waals surface area contributed by atoms with Crippen LogP contribution >= 0.6 is 11.6 Å². The Morgan fingerprint density at radius 1 is 1.23 bits per heavy atom. The molecular formula is C17H21ClN2O6. The monoisotopic (exact) mass is 384 g/mol. The molecule has 0 atom stereocenters. The number of carboxylic acids is 1. The maximum Gasteiger partial charge on any atom is 0.343 e. The molecule has 142 valence electrons. The van der Waals surface area contributed by atoms with Crippen LogP contribution in [0.15, 0.2) is 18.2 Å². The average molecular weight is 385 g/mol. The summed E-state index contributed by atoms with van der Waals surface area (Å²) in [7, 11) is 1.26. The largest absolute Gasteiger partial charge is 0.481 e. The van der Waals surface area contributed by atoms with Gasteiger partial charge in [-0.25, -0.2) is 9.59 Å². The lowest BCUT2D eigenvalue weighted by Gasteiger charge is -2.26. The zero-order chi connectivity index (χ0) is 19.1. The van der Waals surface area contributed by atoms with Gasteiger partial charge in [0, 0.05) is 11.7 Å². The number of rotatable bonds is 6. The molecule has 0 bridgehead atoms. The van der Waals surface area contributed by atoms with Gasteiger partial charge in [-0.1, -0.05) is 11.6 Å². The Morgan fingerprint density at radius 2 is 1.92 bits per heavy atom. The molecule has 2 rings (SSSR count). The van der Waals surface area contributed by atoms with Crippen LogP contribution in [0.5, 0.6) is 5.75 Å². The van der Waals surface area contributed by atoms with E-state index in [1.54, 1.807) is 12.1 Å². The van der Waals surface area contributed by atoms with Crippen molar-refractivity contribution >= 4 is 35.3 Å². The SMILES string of the molecule is COC(=O)COc1ccc(NC(=O)NC2CCC(C(=O)O)CC2)cc1Cl. The minimum atomic E-state index is -0.781. The van der Waals surface area contributed by atoms with Crippen molar-refractivity contribution in [3.63, 3.8) is 0 Å². The molecule has 1 aliphatic rings. The Balaban J connectivity index is 1.82. The number of esters is 1.